The number of aromatic nitrogens is 5. The average molecular weight is 386 g/mol. The van der Waals surface area contributed by atoms with Gasteiger partial charge in [0.15, 0.2) is 5.65 Å². The van der Waals surface area contributed by atoms with E-state index < -0.39 is 0 Å². The molecule has 0 saturated carbocycles. The number of fused-ring (bicyclic) bond motifs is 2. The Hall–Kier alpha value is -3.32. The molecule has 0 N–H and O–H groups in total. The molecule has 29 heavy (non-hydrogen) atoms. The van der Waals surface area contributed by atoms with Gasteiger partial charge in [0.05, 0.1) is 29.3 Å². The molecule has 0 atom stereocenters. The van der Waals surface area contributed by atoms with Gasteiger partial charge in [0.2, 0.25) is 0 Å². The zero-order valence-electron chi connectivity index (χ0n) is 16.5. The fourth-order valence-electron chi connectivity index (χ4n) is 3.88. The number of hydrogen-bond donors (Lipinski definition) is 0. The minimum absolute atomic E-state index is 0.105. The van der Waals surface area contributed by atoms with Crippen molar-refractivity contribution in [3.63, 3.8) is 0 Å². The fourth-order valence-corrected chi connectivity index (χ4v) is 3.88. The Kier molecular flexibility index (Phi) is 4.24. The standard InChI is InChI=1S/C22H22N6O/c1-3-27-8-6-15(7-9-27)19-14-28-21(13-23-19)25-18(11-22(28)29)16-4-5-20-17(10-16)12-24-26(20)2/h4-6,10-14H,3,7-9H2,1-2H3. The van der Waals surface area contributed by atoms with Crippen LogP contribution in [0, 0.1) is 0 Å². The van der Waals surface area contributed by atoms with Gasteiger partial charge in [0.1, 0.15) is 0 Å². The molecule has 7 nitrogen and oxygen atoms in total. The highest BCUT2D eigenvalue weighted by Gasteiger charge is 2.14. The van der Waals surface area contributed by atoms with Crippen molar-refractivity contribution in [2.75, 3.05) is 19.6 Å². The maximum Gasteiger partial charge on any atom is 0.258 e. The van der Waals surface area contributed by atoms with Crippen molar-refractivity contribution in [2.24, 2.45) is 7.05 Å². The van der Waals surface area contributed by atoms with Crippen LogP contribution in [0.4, 0.5) is 0 Å². The molecular weight excluding hydrogens is 364 g/mol. The molecule has 1 aromatic carbocycles. The Morgan fingerprint density at radius 2 is 2.03 bits per heavy atom. The van der Waals surface area contributed by atoms with Gasteiger partial charge in [-0.15, -0.1) is 0 Å². The number of nitrogens with zero attached hydrogens (tertiary/aromatic N) is 6. The van der Waals surface area contributed by atoms with Crippen molar-refractivity contribution in [2.45, 2.75) is 13.3 Å². The third-order valence-electron chi connectivity index (χ3n) is 5.66. The lowest BCUT2D eigenvalue weighted by Gasteiger charge is -2.24. The second kappa shape index (κ2) is 6.93. The van der Waals surface area contributed by atoms with Crippen molar-refractivity contribution in [3.8, 4) is 11.3 Å². The summed E-state index contributed by atoms with van der Waals surface area (Å²) < 4.78 is 3.41. The monoisotopic (exact) mass is 386 g/mol. The molecule has 0 fully saturated rings. The van der Waals surface area contributed by atoms with E-state index in [1.807, 2.05) is 42.3 Å². The van der Waals surface area contributed by atoms with Crippen LogP contribution < -0.4 is 5.56 Å². The third-order valence-corrected chi connectivity index (χ3v) is 5.66. The summed E-state index contributed by atoms with van der Waals surface area (Å²) in [5, 5.41) is 5.29. The maximum absolute atomic E-state index is 12.8. The van der Waals surface area contributed by atoms with Crippen LogP contribution in [0.15, 0.2) is 53.7 Å². The van der Waals surface area contributed by atoms with Gasteiger partial charge in [-0.25, -0.2) is 4.98 Å². The normalized spacial score (nSPS) is 15.2. The van der Waals surface area contributed by atoms with Crippen LogP contribution in [-0.4, -0.2) is 48.7 Å². The van der Waals surface area contributed by atoms with E-state index in [-0.39, 0.29) is 5.56 Å². The largest absolute Gasteiger partial charge is 0.300 e. The zero-order valence-corrected chi connectivity index (χ0v) is 16.5. The fraction of sp³-hybridized carbons (Fsp3) is 0.273. The molecule has 1 aliphatic rings. The van der Waals surface area contributed by atoms with Gasteiger partial charge >= 0.3 is 0 Å². The third kappa shape index (κ3) is 3.13. The van der Waals surface area contributed by atoms with Crippen LogP contribution in [0.25, 0.3) is 33.4 Å². The topological polar surface area (TPSA) is 68.3 Å². The summed E-state index contributed by atoms with van der Waals surface area (Å²) in [6.45, 7) is 5.16. The molecule has 0 bridgehead atoms. The molecule has 0 amide bonds. The Balaban J connectivity index is 1.54. The summed E-state index contributed by atoms with van der Waals surface area (Å²) in [7, 11) is 1.91. The molecule has 4 aromatic rings. The maximum atomic E-state index is 12.8. The summed E-state index contributed by atoms with van der Waals surface area (Å²) >= 11 is 0. The highest BCUT2D eigenvalue weighted by molar-refractivity contribution is 5.84. The van der Waals surface area contributed by atoms with E-state index in [1.165, 1.54) is 5.57 Å². The predicted octanol–water partition coefficient (Wildman–Crippen LogP) is 2.75. The summed E-state index contributed by atoms with van der Waals surface area (Å²) in [6, 6.07) is 7.56. The Morgan fingerprint density at radius 3 is 2.83 bits per heavy atom. The van der Waals surface area contributed by atoms with Gasteiger partial charge in [-0.05, 0) is 30.7 Å². The van der Waals surface area contributed by atoms with Crippen molar-refractivity contribution in [1.29, 1.82) is 0 Å². The second-order valence-electron chi connectivity index (χ2n) is 7.39. The first-order valence-corrected chi connectivity index (χ1v) is 9.86. The molecular formula is C22H22N6O. The summed E-state index contributed by atoms with van der Waals surface area (Å²) in [5.41, 5.74) is 5.06. The molecule has 7 heteroatoms. The van der Waals surface area contributed by atoms with Gasteiger partial charge in [0, 0.05) is 43.4 Å². The zero-order chi connectivity index (χ0) is 20.0. The van der Waals surface area contributed by atoms with Gasteiger partial charge < -0.3 is 0 Å². The van der Waals surface area contributed by atoms with Crippen LogP contribution >= 0.6 is 0 Å². The van der Waals surface area contributed by atoms with Gasteiger partial charge in [-0.1, -0.05) is 19.1 Å². The minimum atomic E-state index is -0.105. The van der Waals surface area contributed by atoms with Crippen molar-refractivity contribution >= 4 is 22.1 Å². The van der Waals surface area contributed by atoms with Crippen molar-refractivity contribution in [1.82, 2.24) is 29.0 Å². The van der Waals surface area contributed by atoms with Crippen LogP contribution in [0.5, 0.6) is 0 Å². The molecule has 0 saturated heterocycles. The Morgan fingerprint density at radius 1 is 1.14 bits per heavy atom. The van der Waals surface area contributed by atoms with Crippen LogP contribution in [-0.2, 0) is 7.05 Å². The van der Waals surface area contributed by atoms with E-state index in [0.29, 0.717) is 11.3 Å². The first kappa shape index (κ1) is 17.8. The molecule has 0 unspecified atom stereocenters. The van der Waals surface area contributed by atoms with Crippen molar-refractivity contribution < 1.29 is 0 Å². The number of benzene rings is 1. The highest BCUT2D eigenvalue weighted by atomic mass is 16.1. The van der Waals surface area contributed by atoms with E-state index in [9.17, 15) is 4.79 Å². The quantitative estimate of drug-likeness (QED) is 0.542. The number of rotatable bonds is 3. The second-order valence-corrected chi connectivity index (χ2v) is 7.39. The van der Waals surface area contributed by atoms with E-state index in [1.54, 1.807) is 16.7 Å². The highest BCUT2D eigenvalue weighted by Crippen LogP contribution is 2.23. The molecule has 5 rings (SSSR count). The lowest BCUT2D eigenvalue weighted by atomic mass is 10.1. The van der Waals surface area contributed by atoms with E-state index >= 15 is 0 Å². The van der Waals surface area contributed by atoms with Gasteiger partial charge in [-0.2, -0.15) is 5.10 Å². The van der Waals surface area contributed by atoms with Crippen molar-refractivity contribution in [3.05, 3.63) is 65.0 Å². The average Bonchev–Trinajstić information content (AvgIpc) is 3.13. The van der Waals surface area contributed by atoms with E-state index in [0.717, 1.165) is 48.2 Å². The van der Waals surface area contributed by atoms with Gasteiger partial charge in [-0.3, -0.25) is 23.8 Å². The first-order chi connectivity index (χ1) is 14.1. The van der Waals surface area contributed by atoms with E-state index in [4.69, 9.17) is 0 Å². The van der Waals surface area contributed by atoms with Gasteiger partial charge in [0.25, 0.3) is 5.56 Å². The van der Waals surface area contributed by atoms with Crippen LogP contribution in [0.3, 0.4) is 0 Å². The Bertz CT molecular complexity index is 1320. The molecule has 146 valence electrons. The molecule has 0 radical (unpaired) electrons. The summed E-state index contributed by atoms with van der Waals surface area (Å²) in [4.78, 5) is 24.5. The lowest BCUT2D eigenvalue weighted by Crippen LogP contribution is -2.28. The number of hydrogen-bond acceptors (Lipinski definition) is 5. The molecule has 1 aliphatic heterocycles. The lowest BCUT2D eigenvalue weighted by molar-refractivity contribution is 0.318. The molecule has 3 aromatic heterocycles. The van der Waals surface area contributed by atoms with Crippen LogP contribution in [0.1, 0.15) is 19.0 Å². The summed E-state index contributed by atoms with van der Waals surface area (Å²) in [5.74, 6) is 0. The summed E-state index contributed by atoms with van der Waals surface area (Å²) in [6.07, 6.45) is 8.47. The smallest absolute Gasteiger partial charge is 0.258 e. The van der Waals surface area contributed by atoms with E-state index in [2.05, 4.69) is 33.0 Å². The first-order valence-electron chi connectivity index (χ1n) is 9.86. The number of aryl methyl sites for hydroxylation is 1. The predicted molar refractivity (Wildman–Crippen MR) is 114 cm³/mol. The number of likely N-dealkylation sites (N-methyl/N-ethyl adjacent to an activating group) is 1. The SMILES string of the molecule is CCN1CC=C(c2cn3c(=O)cc(-c4ccc5c(cnn5C)c4)nc3cn2)CC1. The molecule has 4 heterocycles. The molecule has 0 aliphatic carbocycles. The minimum Gasteiger partial charge on any atom is -0.300 e. The Labute approximate surface area is 167 Å². The molecule has 0 spiro atoms. The van der Waals surface area contributed by atoms with Crippen LogP contribution in [0.2, 0.25) is 0 Å².